The van der Waals surface area contributed by atoms with Crippen LogP contribution < -0.4 is 10.6 Å². The van der Waals surface area contributed by atoms with Crippen molar-refractivity contribution < 1.29 is 32.0 Å². The third kappa shape index (κ3) is 4.49. The van der Waals surface area contributed by atoms with Gasteiger partial charge in [0.2, 0.25) is 6.41 Å². The number of amides is 1. The van der Waals surface area contributed by atoms with E-state index in [4.69, 9.17) is 18.1 Å². The maximum atomic E-state index is 13.0. The van der Waals surface area contributed by atoms with E-state index in [1.165, 1.54) is 14.2 Å². The summed E-state index contributed by atoms with van der Waals surface area (Å²) in [6.07, 6.45) is 0.993. The van der Waals surface area contributed by atoms with Gasteiger partial charge in [-0.3, -0.25) is 13.9 Å². The minimum absolute atomic E-state index is 0.182. The average Bonchev–Trinajstić information content (AvgIpc) is 3.55. The zero-order chi connectivity index (χ0) is 23.4. The van der Waals surface area contributed by atoms with Crippen molar-refractivity contribution in [3.8, 4) is 11.1 Å². The van der Waals surface area contributed by atoms with Crippen LogP contribution in [0.2, 0.25) is 0 Å². The third-order valence-electron chi connectivity index (χ3n) is 5.64. The van der Waals surface area contributed by atoms with Crippen molar-refractivity contribution in [1.29, 1.82) is 0 Å². The quantitative estimate of drug-likeness (QED) is 0.348. The molecule has 0 spiro atoms. The number of carbonyl (C=O) groups is 1. The fraction of sp³-hybridized carbons (Fsp3) is 0.409. The van der Waals surface area contributed by atoms with Gasteiger partial charge in [0, 0.05) is 20.1 Å². The smallest absolute Gasteiger partial charge is 0.342 e. The van der Waals surface area contributed by atoms with Gasteiger partial charge in [-0.2, -0.15) is 0 Å². The van der Waals surface area contributed by atoms with Crippen molar-refractivity contribution in [2.75, 3.05) is 27.4 Å². The average molecular weight is 481 g/mol. The van der Waals surface area contributed by atoms with Gasteiger partial charge in [-0.25, -0.2) is 0 Å². The van der Waals surface area contributed by atoms with Crippen LogP contribution in [0.4, 0.5) is 0 Å². The molecule has 0 saturated heterocycles. The molecule has 3 rings (SSSR count). The third-order valence-corrected chi connectivity index (χ3v) is 10.3. The van der Waals surface area contributed by atoms with Crippen LogP contribution in [-0.4, -0.2) is 39.1 Å². The molecular weight excluding hydrogens is 452 g/mol. The van der Waals surface area contributed by atoms with Gasteiger partial charge in [-0.05, 0) is 49.1 Å². The second kappa shape index (κ2) is 10.0. The summed E-state index contributed by atoms with van der Waals surface area (Å²) in [6.45, 7) is 4.14. The molecule has 0 bridgehead atoms. The highest BCUT2D eigenvalue weighted by molar-refractivity contribution is 7.62. The van der Waals surface area contributed by atoms with Gasteiger partial charge in [0.1, 0.15) is 5.28 Å². The van der Waals surface area contributed by atoms with E-state index in [0.717, 1.165) is 16.7 Å². The molecule has 1 saturated carbocycles. The summed E-state index contributed by atoms with van der Waals surface area (Å²) in [5.74, 6) is -0.182. The summed E-state index contributed by atoms with van der Waals surface area (Å²) in [7, 11) is -4.20. The summed E-state index contributed by atoms with van der Waals surface area (Å²) in [5, 5.41) is 2.13. The van der Waals surface area contributed by atoms with Crippen LogP contribution in [0.25, 0.3) is 11.1 Å². The van der Waals surface area contributed by atoms with Crippen molar-refractivity contribution in [3.05, 3.63) is 54.1 Å². The summed E-state index contributed by atoms with van der Waals surface area (Å²) in [5.41, 5.74) is 2.82. The van der Waals surface area contributed by atoms with Crippen LogP contribution >= 0.6 is 15.2 Å². The molecule has 1 aliphatic rings. The fourth-order valence-corrected chi connectivity index (χ4v) is 7.48. The molecule has 1 fully saturated rings. The van der Waals surface area contributed by atoms with Crippen molar-refractivity contribution in [1.82, 2.24) is 5.32 Å². The van der Waals surface area contributed by atoms with Crippen molar-refractivity contribution in [2.45, 2.75) is 31.5 Å². The molecule has 0 heterocycles. The molecule has 1 amide bonds. The van der Waals surface area contributed by atoms with Crippen LogP contribution in [0.5, 0.6) is 0 Å². The van der Waals surface area contributed by atoms with Crippen LogP contribution in [0, 0.1) is 0 Å². The summed E-state index contributed by atoms with van der Waals surface area (Å²) in [6, 6.07) is 15.0. The first-order valence-corrected chi connectivity index (χ1v) is 13.4. The summed E-state index contributed by atoms with van der Waals surface area (Å²) >= 11 is 0. The number of hydrogen-bond acceptors (Lipinski definition) is 7. The van der Waals surface area contributed by atoms with Crippen LogP contribution in [0.15, 0.2) is 48.5 Å². The molecule has 0 unspecified atom stereocenters. The summed E-state index contributed by atoms with van der Waals surface area (Å²) in [4.78, 5) is 11.2. The van der Waals surface area contributed by atoms with E-state index >= 15 is 0 Å². The predicted molar refractivity (Wildman–Crippen MR) is 123 cm³/mol. The normalized spacial score (nSPS) is 20.7. The van der Waals surface area contributed by atoms with Gasteiger partial charge >= 0.3 is 15.2 Å². The monoisotopic (exact) mass is 481 g/mol. The topological polar surface area (TPSA) is 100 Å². The molecule has 8 nitrogen and oxygen atoms in total. The van der Waals surface area contributed by atoms with Crippen LogP contribution in [0.1, 0.15) is 31.7 Å². The SMILES string of the molecule is CCOP(=O)(OCC)c1ccc(-c2ccc([C@@H]3C[C@]3(NC=O)P(=O)(OC)OC)cc2)cc1. The predicted octanol–water partition coefficient (Wildman–Crippen LogP) is 4.66. The van der Waals surface area contributed by atoms with Gasteiger partial charge in [-0.1, -0.05) is 36.4 Å². The molecule has 1 N–H and O–H groups in total. The lowest BCUT2D eigenvalue weighted by molar-refractivity contribution is -0.110. The number of carbonyl (C=O) groups excluding carboxylic acids is 1. The maximum absolute atomic E-state index is 13.0. The zero-order valence-corrected chi connectivity index (χ0v) is 20.4. The maximum Gasteiger partial charge on any atom is 0.361 e. The van der Waals surface area contributed by atoms with Crippen LogP contribution in [-0.2, 0) is 32.0 Å². The Hall–Kier alpha value is -1.79. The molecule has 10 heteroatoms. The second-order valence-electron chi connectivity index (χ2n) is 7.31. The van der Waals surface area contributed by atoms with E-state index in [2.05, 4.69) is 5.32 Å². The molecule has 2 atom stereocenters. The second-order valence-corrected chi connectivity index (χ2v) is 11.9. The Balaban J connectivity index is 1.81. The molecular formula is C22H29NO7P2. The fourth-order valence-electron chi connectivity index (χ4n) is 3.96. The first kappa shape index (κ1) is 24.8. The highest BCUT2D eigenvalue weighted by Crippen LogP contribution is 2.74. The zero-order valence-electron chi connectivity index (χ0n) is 18.6. The standard InChI is InChI=1S/C22H29NO7P2/c1-5-29-31(25,30-6-2)20-13-11-18(12-14-20)17-7-9-19(10-8-17)21-15-22(21,23-16-24)32(26,27-3)28-4/h7-14,16,21H,5-6,15H2,1-4H3,(H,23,24)/t21-,22-/m0/s1. The minimum atomic E-state index is -3.51. The van der Waals surface area contributed by atoms with Gasteiger partial charge in [0.05, 0.1) is 18.5 Å². The highest BCUT2D eigenvalue weighted by atomic mass is 31.2. The molecule has 2 aromatic rings. The van der Waals surface area contributed by atoms with E-state index in [-0.39, 0.29) is 5.92 Å². The first-order chi connectivity index (χ1) is 15.3. The van der Waals surface area contributed by atoms with E-state index in [1.807, 2.05) is 36.4 Å². The summed E-state index contributed by atoms with van der Waals surface area (Å²) < 4.78 is 47.0. The lowest BCUT2D eigenvalue weighted by Gasteiger charge is -2.24. The van der Waals surface area contributed by atoms with Crippen molar-refractivity contribution in [3.63, 3.8) is 0 Å². The minimum Gasteiger partial charge on any atom is -0.342 e. The molecule has 32 heavy (non-hydrogen) atoms. The Bertz CT molecular complexity index is 1010. The van der Waals surface area contributed by atoms with Gasteiger partial charge < -0.3 is 23.4 Å². The molecule has 0 aromatic heterocycles. The van der Waals surface area contributed by atoms with Gasteiger partial charge in [0.25, 0.3) is 0 Å². The first-order valence-electron chi connectivity index (χ1n) is 10.4. The van der Waals surface area contributed by atoms with E-state index in [1.54, 1.807) is 26.0 Å². The van der Waals surface area contributed by atoms with Crippen molar-refractivity contribution in [2.24, 2.45) is 0 Å². The Morgan fingerprint density at radius 1 is 0.938 bits per heavy atom. The van der Waals surface area contributed by atoms with E-state index in [9.17, 15) is 13.9 Å². The largest absolute Gasteiger partial charge is 0.361 e. The van der Waals surface area contributed by atoms with E-state index in [0.29, 0.717) is 31.3 Å². The number of rotatable bonds is 12. The molecule has 2 aromatic carbocycles. The molecule has 0 radical (unpaired) electrons. The molecule has 174 valence electrons. The Kier molecular flexibility index (Phi) is 7.77. The van der Waals surface area contributed by atoms with Crippen molar-refractivity contribution >= 4 is 26.9 Å². The Morgan fingerprint density at radius 3 is 1.88 bits per heavy atom. The lowest BCUT2D eigenvalue weighted by atomic mass is 10.0. The van der Waals surface area contributed by atoms with Gasteiger partial charge in [-0.15, -0.1) is 0 Å². The van der Waals surface area contributed by atoms with Crippen LogP contribution in [0.3, 0.4) is 0 Å². The van der Waals surface area contributed by atoms with E-state index < -0.39 is 20.5 Å². The highest BCUT2D eigenvalue weighted by Gasteiger charge is 2.68. The Labute approximate surface area is 188 Å². The number of benzene rings is 2. The number of nitrogens with one attached hydrogen (secondary N) is 1. The lowest BCUT2D eigenvalue weighted by Crippen LogP contribution is -2.33. The molecule has 1 aliphatic carbocycles. The van der Waals surface area contributed by atoms with Gasteiger partial charge in [0.15, 0.2) is 0 Å². The number of hydrogen-bond donors (Lipinski definition) is 1. The Morgan fingerprint density at radius 2 is 1.44 bits per heavy atom. The molecule has 0 aliphatic heterocycles.